The van der Waals surface area contributed by atoms with Gasteiger partial charge in [-0.05, 0) is 24.6 Å². The Morgan fingerprint density at radius 2 is 2.24 bits per heavy atom. The molecule has 0 spiro atoms. The monoisotopic (exact) mass is 293 g/mol. The normalized spacial score (nSPS) is 18.8. The van der Waals surface area contributed by atoms with Crippen LogP contribution < -0.4 is 4.74 Å². The molecular formula is C15H19NO5. The summed E-state index contributed by atoms with van der Waals surface area (Å²) in [5, 5.41) is 0. The van der Waals surface area contributed by atoms with E-state index in [0.29, 0.717) is 31.1 Å². The van der Waals surface area contributed by atoms with Crippen LogP contribution in [0.1, 0.15) is 28.4 Å². The molecule has 1 aliphatic heterocycles. The summed E-state index contributed by atoms with van der Waals surface area (Å²) in [6.07, 6.45) is 1.60. The predicted molar refractivity (Wildman–Crippen MR) is 75.3 cm³/mol. The van der Waals surface area contributed by atoms with Gasteiger partial charge in [-0.15, -0.1) is 0 Å². The lowest BCUT2D eigenvalue weighted by molar-refractivity contribution is -0.120. The van der Waals surface area contributed by atoms with E-state index in [4.69, 9.17) is 14.2 Å². The van der Waals surface area contributed by atoms with E-state index in [1.54, 1.807) is 30.2 Å². The topological polar surface area (TPSA) is 65.1 Å². The third-order valence-electron chi connectivity index (χ3n) is 3.53. The molecule has 6 heteroatoms. The van der Waals surface area contributed by atoms with Gasteiger partial charge in [0.2, 0.25) is 6.41 Å². The highest BCUT2D eigenvalue weighted by molar-refractivity contribution is 5.89. The zero-order valence-electron chi connectivity index (χ0n) is 12.2. The van der Waals surface area contributed by atoms with E-state index in [1.165, 1.54) is 7.11 Å². The SMILES string of the molecule is COC(=O)c1ccc(OC)c(C2COCCCN2C=O)c1. The molecule has 1 aliphatic rings. The molecule has 1 fully saturated rings. The predicted octanol–water partition coefficient (Wildman–Crippen LogP) is 1.40. The van der Waals surface area contributed by atoms with Crippen molar-refractivity contribution < 1.29 is 23.8 Å². The maximum atomic E-state index is 11.7. The van der Waals surface area contributed by atoms with Gasteiger partial charge in [0.1, 0.15) is 5.75 Å². The van der Waals surface area contributed by atoms with Crippen LogP contribution in [0.25, 0.3) is 0 Å². The molecule has 21 heavy (non-hydrogen) atoms. The van der Waals surface area contributed by atoms with Crippen molar-refractivity contribution in [1.82, 2.24) is 4.90 Å². The second-order valence-corrected chi connectivity index (χ2v) is 4.74. The molecule has 1 amide bonds. The molecule has 0 aliphatic carbocycles. The van der Waals surface area contributed by atoms with Crippen LogP contribution in [0.4, 0.5) is 0 Å². The first-order valence-electron chi connectivity index (χ1n) is 6.76. The lowest BCUT2D eigenvalue weighted by atomic mass is 10.0. The molecule has 1 aromatic rings. The maximum Gasteiger partial charge on any atom is 0.337 e. The van der Waals surface area contributed by atoms with Gasteiger partial charge in [-0.1, -0.05) is 0 Å². The number of carbonyl (C=O) groups excluding carboxylic acids is 2. The molecule has 0 radical (unpaired) electrons. The molecule has 6 nitrogen and oxygen atoms in total. The van der Waals surface area contributed by atoms with Crippen LogP contribution in [-0.4, -0.2) is 51.3 Å². The summed E-state index contributed by atoms with van der Waals surface area (Å²) >= 11 is 0. The summed E-state index contributed by atoms with van der Waals surface area (Å²) in [5.41, 5.74) is 1.16. The Morgan fingerprint density at radius 1 is 1.43 bits per heavy atom. The van der Waals surface area contributed by atoms with Crippen molar-refractivity contribution in [2.24, 2.45) is 0 Å². The van der Waals surface area contributed by atoms with Crippen molar-refractivity contribution in [3.8, 4) is 5.75 Å². The number of amides is 1. The van der Waals surface area contributed by atoms with Gasteiger partial charge in [0, 0.05) is 18.7 Å². The first-order valence-corrected chi connectivity index (χ1v) is 6.76. The molecule has 1 unspecified atom stereocenters. The van der Waals surface area contributed by atoms with E-state index >= 15 is 0 Å². The summed E-state index contributed by atoms with van der Waals surface area (Å²) in [4.78, 5) is 24.7. The minimum atomic E-state index is -0.425. The fraction of sp³-hybridized carbons (Fsp3) is 0.467. The molecule has 0 aromatic heterocycles. The quantitative estimate of drug-likeness (QED) is 0.620. The summed E-state index contributed by atoms with van der Waals surface area (Å²) in [6.45, 7) is 1.60. The Bertz CT molecular complexity index is 517. The fourth-order valence-electron chi connectivity index (χ4n) is 2.43. The highest BCUT2D eigenvalue weighted by Crippen LogP contribution is 2.31. The summed E-state index contributed by atoms with van der Waals surface area (Å²) in [6, 6.07) is 4.76. The van der Waals surface area contributed by atoms with Gasteiger partial charge in [0.15, 0.2) is 0 Å². The zero-order chi connectivity index (χ0) is 15.2. The molecule has 114 valence electrons. The van der Waals surface area contributed by atoms with Crippen molar-refractivity contribution in [1.29, 1.82) is 0 Å². The number of rotatable bonds is 4. The molecule has 2 rings (SSSR count). The van der Waals surface area contributed by atoms with E-state index in [9.17, 15) is 9.59 Å². The lowest BCUT2D eigenvalue weighted by Gasteiger charge is -2.27. The second kappa shape index (κ2) is 7.08. The number of methoxy groups -OCH3 is 2. The van der Waals surface area contributed by atoms with Crippen LogP contribution in [-0.2, 0) is 14.3 Å². The number of carbonyl (C=O) groups is 2. The van der Waals surface area contributed by atoms with Crippen molar-refractivity contribution in [3.05, 3.63) is 29.3 Å². The zero-order valence-corrected chi connectivity index (χ0v) is 12.2. The Labute approximate surface area is 123 Å². The van der Waals surface area contributed by atoms with Crippen molar-refractivity contribution in [2.75, 3.05) is 34.0 Å². The van der Waals surface area contributed by atoms with Gasteiger partial charge in [-0.25, -0.2) is 4.79 Å². The van der Waals surface area contributed by atoms with E-state index in [0.717, 1.165) is 18.4 Å². The van der Waals surface area contributed by atoms with E-state index in [-0.39, 0.29) is 6.04 Å². The van der Waals surface area contributed by atoms with E-state index < -0.39 is 5.97 Å². The smallest absolute Gasteiger partial charge is 0.337 e. The standard InChI is InChI=1S/C15H19NO5/c1-19-14-5-4-11(15(18)20-2)8-12(14)13-9-21-7-3-6-16(13)10-17/h4-5,8,10,13H,3,6-7,9H2,1-2H3. The molecule has 1 heterocycles. The summed E-state index contributed by atoms with van der Waals surface area (Å²) in [5.74, 6) is 0.191. The van der Waals surface area contributed by atoms with E-state index in [2.05, 4.69) is 0 Å². The molecular weight excluding hydrogens is 274 g/mol. The molecule has 1 saturated heterocycles. The first-order chi connectivity index (χ1) is 10.2. The minimum Gasteiger partial charge on any atom is -0.496 e. The summed E-state index contributed by atoms with van der Waals surface area (Å²) in [7, 11) is 2.89. The number of hydrogen-bond acceptors (Lipinski definition) is 5. The fourth-order valence-corrected chi connectivity index (χ4v) is 2.43. The number of hydrogen-bond donors (Lipinski definition) is 0. The van der Waals surface area contributed by atoms with Crippen LogP contribution in [0.2, 0.25) is 0 Å². The van der Waals surface area contributed by atoms with Crippen molar-refractivity contribution in [3.63, 3.8) is 0 Å². The lowest BCUT2D eigenvalue weighted by Crippen LogP contribution is -2.29. The second-order valence-electron chi connectivity index (χ2n) is 4.74. The van der Waals surface area contributed by atoms with Crippen molar-refractivity contribution in [2.45, 2.75) is 12.5 Å². The van der Waals surface area contributed by atoms with Gasteiger partial charge >= 0.3 is 5.97 Å². The molecule has 0 bridgehead atoms. The maximum absolute atomic E-state index is 11.7. The van der Waals surface area contributed by atoms with Gasteiger partial charge in [0.05, 0.1) is 32.4 Å². The van der Waals surface area contributed by atoms with Gasteiger partial charge in [0.25, 0.3) is 0 Å². The highest BCUT2D eigenvalue weighted by Gasteiger charge is 2.26. The minimum absolute atomic E-state index is 0.274. The Hall–Kier alpha value is -2.08. The average Bonchev–Trinajstić information content (AvgIpc) is 2.78. The molecule has 0 saturated carbocycles. The van der Waals surface area contributed by atoms with Gasteiger partial charge < -0.3 is 19.1 Å². The third kappa shape index (κ3) is 3.33. The Kier molecular flexibility index (Phi) is 5.16. The molecule has 0 N–H and O–H groups in total. The summed E-state index contributed by atoms with van der Waals surface area (Å²) < 4.78 is 15.6. The highest BCUT2D eigenvalue weighted by atomic mass is 16.5. The average molecular weight is 293 g/mol. The number of ether oxygens (including phenoxy) is 3. The number of nitrogens with zero attached hydrogens (tertiary/aromatic N) is 1. The number of benzene rings is 1. The van der Waals surface area contributed by atoms with Crippen LogP contribution in [0, 0.1) is 0 Å². The van der Waals surface area contributed by atoms with Crippen LogP contribution in [0.5, 0.6) is 5.75 Å². The number of esters is 1. The largest absolute Gasteiger partial charge is 0.496 e. The van der Waals surface area contributed by atoms with Crippen LogP contribution in [0.15, 0.2) is 18.2 Å². The van der Waals surface area contributed by atoms with Gasteiger partial charge in [-0.3, -0.25) is 4.79 Å². The van der Waals surface area contributed by atoms with Crippen LogP contribution >= 0.6 is 0 Å². The van der Waals surface area contributed by atoms with E-state index in [1.807, 2.05) is 0 Å². The molecule has 1 atom stereocenters. The Balaban J connectivity index is 2.42. The first kappa shape index (κ1) is 15.3. The third-order valence-corrected chi connectivity index (χ3v) is 3.53. The Morgan fingerprint density at radius 3 is 2.90 bits per heavy atom. The van der Waals surface area contributed by atoms with Crippen molar-refractivity contribution >= 4 is 12.4 Å². The van der Waals surface area contributed by atoms with Gasteiger partial charge in [-0.2, -0.15) is 0 Å². The molecule has 1 aromatic carbocycles. The van der Waals surface area contributed by atoms with Crippen LogP contribution in [0.3, 0.4) is 0 Å².